The summed E-state index contributed by atoms with van der Waals surface area (Å²) in [6.45, 7) is 0. The van der Waals surface area contributed by atoms with Gasteiger partial charge in [-0.1, -0.05) is 53.7 Å². The quantitative estimate of drug-likeness (QED) is 0.649. The molecule has 2 heterocycles. The van der Waals surface area contributed by atoms with Crippen LogP contribution in [0.1, 0.15) is 5.56 Å². The predicted octanol–water partition coefficient (Wildman–Crippen LogP) is 3.20. The molecule has 10 heteroatoms. The number of nitrogens with zero attached hydrogens (tertiary/aromatic N) is 2. The highest BCUT2D eigenvalue weighted by molar-refractivity contribution is 8.16. The average molecular weight is 481 g/mol. The standard InChI is InChI=1S/C21H21ClN2O5S2/c1-28-17-10-18(29-2)15(9-14(17)22)24-16-11-31(26,27)12-19(16)30-21(24)23-20(25)8-13-6-4-3-5-7-13/h3-7,9-10,16,19H,8,11-12H2,1-2H3/t16-,19+/m0/s1. The van der Waals surface area contributed by atoms with Crippen molar-refractivity contribution in [3.63, 3.8) is 0 Å². The highest BCUT2D eigenvalue weighted by atomic mass is 35.5. The van der Waals surface area contributed by atoms with Gasteiger partial charge in [-0.15, -0.1) is 0 Å². The van der Waals surface area contributed by atoms with Gasteiger partial charge in [-0.3, -0.25) is 4.79 Å². The zero-order chi connectivity index (χ0) is 22.2. The van der Waals surface area contributed by atoms with Crippen molar-refractivity contribution < 1.29 is 22.7 Å². The first-order chi connectivity index (χ1) is 14.8. The van der Waals surface area contributed by atoms with Crippen molar-refractivity contribution in [3.8, 4) is 11.5 Å². The molecule has 0 aromatic heterocycles. The molecule has 2 aliphatic rings. The highest BCUT2D eigenvalue weighted by Crippen LogP contribution is 2.46. The summed E-state index contributed by atoms with van der Waals surface area (Å²) in [5.74, 6) is 0.596. The van der Waals surface area contributed by atoms with Crippen LogP contribution in [0.2, 0.25) is 5.02 Å². The summed E-state index contributed by atoms with van der Waals surface area (Å²) in [4.78, 5) is 18.8. The molecule has 4 rings (SSSR count). The van der Waals surface area contributed by atoms with E-state index < -0.39 is 9.84 Å². The summed E-state index contributed by atoms with van der Waals surface area (Å²) < 4.78 is 35.4. The Bertz CT molecular complexity index is 1140. The van der Waals surface area contributed by atoms with Gasteiger partial charge in [0.25, 0.3) is 5.91 Å². The first kappa shape index (κ1) is 22.0. The number of anilines is 1. The number of methoxy groups -OCH3 is 2. The second kappa shape index (κ2) is 8.72. The van der Waals surface area contributed by atoms with Crippen molar-refractivity contribution in [3.05, 3.63) is 53.1 Å². The first-order valence-corrected chi connectivity index (χ1v) is 12.6. The summed E-state index contributed by atoms with van der Waals surface area (Å²) in [6, 6.07) is 12.3. The van der Waals surface area contributed by atoms with Crippen LogP contribution in [0.4, 0.5) is 5.69 Å². The van der Waals surface area contributed by atoms with Crippen LogP contribution < -0.4 is 14.4 Å². The molecule has 2 atom stereocenters. The number of hydrogen-bond acceptors (Lipinski definition) is 6. The molecule has 0 N–H and O–H groups in total. The molecule has 1 amide bonds. The third-order valence-electron chi connectivity index (χ3n) is 5.20. The van der Waals surface area contributed by atoms with Gasteiger partial charge in [0.05, 0.1) is 48.9 Å². The fraction of sp³-hybridized carbons (Fsp3) is 0.333. The Morgan fingerprint density at radius 2 is 1.87 bits per heavy atom. The molecule has 0 bridgehead atoms. The molecule has 2 aromatic carbocycles. The Morgan fingerprint density at radius 1 is 1.16 bits per heavy atom. The summed E-state index contributed by atoms with van der Waals surface area (Å²) in [5.41, 5.74) is 1.41. The fourth-order valence-electron chi connectivity index (χ4n) is 3.80. The van der Waals surface area contributed by atoms with E-state index in [1.165, 1.54) is 26.0 Å². The van der Waals surface area contributed by atoms with Crippen LogP contribution in [0.15, 0.2) is 47.5 Å². The minimum Gasteiger partial charge on any atom is -0.495 e. The number of benzene rings is 2. The molecule has 0 aliphatic carbocycles. The number of amidine groups is 1. The minimum absolute atomic E-state index is 0.0244. The number of thioether (sulfide) groups is 1. The van der Waals surface area contributed by atoms with Crippen molar-refractivity contribution in [1.29, 1.82) is 0 Å². The maximum atomic E-state index is 12.7. The van der Waals surface area contributed by atoms with E-state index in [1.807, 2.05) is 30.3 Å². The zero-order valence-electron chi connectivity index (χ0n) is 16.9. The normalized spacial score (nSPS) is 23.1. The number of amides is 1. The Hall–Kier alpha value is -2.23. The lowest BCUT2D eigenvalue weighted by Gasteiger charge is -2.26. The molecule has 2 aromatic rings. The van der Waals surface area contributed by atoms with Crippen LogP contribution in [0, 0.1) is 0 Å². The molecule has 0 unspecified atom stereocenters. The number of ether oxygens (including phenoxy) is 2. The smallest absolute Gasteiger partial charge is 0.252 e. The maximum Gasteiger partial charge on any atom is 0.252 e. The number of carbonyl (C=O) groups excluding carboxylic acids is 1. The second-order valence-corrected chi connectivity index (χ2v) is 11.0. The molecule has 2 aliphatic heterocycles. The van der Waals surface area contributed by atoms with Crippen molar-refractivity contribution >= 4 is 50.0 Å². The molecular weight excluding hydrogens is 460 g/mol. The summed E-state index contributed by atoms with van der Waals surface area (Å²) in [6.07, 6.45) is 0.160. The predicted molar refractivity (Wildman–Crippen MR) is 123 cm³/mol. The molecule has 0 radical (unpaired) electrons. The van der Waals surface area contributed by atoms with Gasteiger partial charge in [0.2, 0.25) is 0 Å². The lowest BCUT2D eigenvalue weighted by molar-refractivity contribution is -0.117. The highest BCUT2D eigenvalue weighted by Gasteiger charge is 2.50. The number of sulfone groups is 1. The minimum atomic E-state index is -3.19. The maximum absolute atomic E-state index is 12.7. The van der Waals surface area contributed by atoms with E-state index in [1.54, 1.807) is 17.0 Å². The van der Waals surface area contributed by atoms with Crippen LogP contribution in [0.5, 0.6) is 11.5 Å². The lowest BCUT2D eigenvalue weighted by Crippen LogP contribution is -2.38. The number of aliphatic imine (C=N–C) groups is 1. The summed E-state index contributed by atoms with van der Waals surface area (Å²) in [5, 5.41) is 0.576. The Labute approximate surface area is 190 Å². The van der Waals surface area contributed by atoms with E-state index in [9.17, 15) is 13.2 Å². The Balaban J connectivity index is 1.74. The fourth-order valence-corrected chi connectivity index (χ4v) is 7.95. The van der Waals surface area contributed by atoms with Gasteiger partial charge in [0.15, 0.2) is 15.0 Å². The number of rotatable bonds is 5. The number of fused-ring (bicyclic) bond motifs is 1. The number of carbonyl (C=O) groups is 1. The third-order valence-corrected chi connectivity index (χ3v) is 8.70. The van der Waals surface area contributed by atoms with E-state index in [-0.39, 0.29) is 35.1 Å². The number of halogens is 1. The molecule has 2 fully saturated rings. The van der Waals surface area contributed by atoms with Crippen molar-refractivity contribution in [1.82, 2.24) is 0 Å². The van der Waals surface area contributed by atoms with Gasteiger partial charge in [0.1, 0.15) is 11.5 Å². The van der Waals surface area contributed by atoms with Gasteiger partial charge in [-0.2, -0.15) is 4.99 Å². The van der Waals surface area contributed by atoms with Crippen LogP contribution >= 0.6 is 23.4 Å². The van der Waals surface area contributed by atoms with Gasteiger partial charge in [-0.25, -0.2) is 8.42 Å². The molecular formula is C21H21ClN2O5S2. The van der Waals surface area contributed by atoms with Gasteiger partial charge < -0.3 is 14.4 Å². The van der Waals surface area contributed by atoms with Crippen molar-refractivity contribution in [2.24, 2.45) is 4.99 Å². The van der Waals surface area contributed by atoms with E-state index in [2.05, 4.69) is 4.99 Å². The van der Waals surface area contributed by atoms with Gasteiger partial charge >= 0.3 is 0 Å². The van der Waals surface area contributed by atoms with Gasteiger partial charge in [0, 0.05) is 11.3 Å². The first-order valence-electron chi connectivity index (χ1n) is 9.54. The topological polar surface area (TPSA) is 85.3 Å². The van der Waals surface area contributed by atoms with Crippen molar-refractivity contribution in [2.45, 2.75) is 17.7 Å². The molecule has 164 valence electrons. The Kier molecular flexibility index (Phi) is 6.18. The monoisotopic (exact) mass is 480 g/mol. The van der Waals surface area contributed by atoms with E-state index in [0.717, 1.165) is 5.56 Å². The van der Waals surface area contributed by atoms with E-state index >= 15 is 0 Å². The lowest BCUT2D eigenvalue weighted by atomic mass is 10.1. The molecule has 7 nitrogen and oxygen atoms in total. The van der Waals surface area contributed by atoms with Gasteiger partial charge in [-0.05, 0) is 11.6 Å². The molecule has 31 heavy (non-hydrogen) atoms. The Morgan fingerprint density at radius 3 is 2.55 bits per heavy atom. The molecule has 0 spiro atoms. The molecule has 2 saturated heterocycles. The summed E-state index contributed by atoms with van der Waals surface area (Å²) in [7, 11) is -0.180. The summed E-state index contributed by atoms with van der Waals surface area (Å²) >= 11 is 7.66. The largest absolute Gasteiger partial charge is 0.495 e. The van der Waals surface area contributed by atoms with Crippen molar-refractivity contribution in [2.75, 3.05) is 30.6 Å². The number of hydrogen-bond donors (Lipinski definition) is 0. The van der Waals surface area contributed by atoms with Crippen LogP contribution in [-0.4, -0.2) is 56.5 Å². The molecule has 0 saturated carbocycles. The SMILES string of the molecule is COc1cc(OC)c(N2C(=NC(=O)Cc3ccccc3)S[C@@H]3CS(=O)(=O)C[C@@H]32)cc1Cl. The van der Waals surface area contributed by atoms with Crippen LogP contribution in [0.3, 0.4) is 0 Å². The van der Waals surface area contributed by atoms with E-state index in [4.69, 9.17) is 21.1 Å². The van der Waals surface area contributed by atoms with Crippen LogP contribution in [0.25, 0.3) is 0 Å². The second-order valence-electron chi connectivity index (χ2n) is 7.28. The van der Waals surface area contributed by atoms with E-state index in [0.29, 0.717) is 27.4 Å². The third kappa shape index (κ3) is 4.53. The van der Waals surface area contributed by atoms with Crippen LogP contribution in [-0.2, 0) is 21.1 Å². The average Bonchev–Trinajstić information content (AvgIpc) is 3.19. The zero-order valence-corrected chi connectivity index (χ0v) is 19.3.